The van der Waals surface area contributed by atoms with Gasteiger partial charge in [-0.3, -0.25) is 0 Å². The van der Waals surface area contributed by atoms with E-state index in [0.29, 0.717) is 11.0 Å². The van der Waals surface area contributed by atoms with E-state index in [-0.39, 0.29) is 12.6 Å². The summed E-state index contributed by atoms with van der Waals surface area (Å²) in [6.45, 7) is 1.09. The van der Waals surface area contributed by atoms with Crippen molar-refractivity contribution in [3.05, 3.63) is 11.2 Å². The lowest BCUT2D eigenvalue weighted by Gasteiger charge is -2.05. The van der Waals surface area contributed by atoms with Crippen molar-refractivity contribution in [1.29, 1.82) is 0 Å². The standard InChI is InChI=1S/C10H17ClN4O/c11-8-7-9(15-10(12)14-8)13-5-3-1-2-4-6-16/h7,16H,1-6H2,(H3,12,13,14,15). The molecule has 5 nitrogen and oxygen atoms in total. The van der Waals surface area contributed by atoms with Gasteiger partial charge in [0.2, 0.25) is 5.95 Å². The van der Waals surface area contributed by atoms with E-state index in [1.165, 1.54) is 0 Å². The number of hydrogen-bond donors (Lipinski definition) is 3. The lowest BCUT2D eigenvalue weighted by Crippen LogP contribution is -2.05. The first-order chi connectivity index (χ1) is 7.72. The van der Waals surface area contributed by atoms with Gasteiger partial charge in [0.25, 0.3) is 0 Å². The molecule has 1 rings (SSSR count). The first kappa shape index (κ1) is 13.0. The number of nitrogens with two attached hydrogens (primary N) is 1. The summed E-state index contributed by atoms with van der Waals surface area (Å²) >= 11 is 5.73. The first-order valence-electron chi connectivity index (χ1n) is 5.37. The lowest BCUT2D eigenvalue weighted by molar-refractivity contribution is 0.283. The second kappa shape index (κ2) is 7.24. The molecule has 0 bridgehead atoms. The molecule has 0 aliphatic heterocycles. The van der Waals surface area contributed by atoms with Crippen LogP contribution in [0.3, 0.4) is 0 Å². The number of halogens is 1. The summed E-state index contributed by atoms with van der Waals surface area (Å²) in [4.78, 5) is 7.77. The average molecular weight is 245 g/mol. The van der Waals surface area contributed by atoms with Crippen molar-refractivity contribution in [2.75, 3.05) is 24.2 Å². The molecule has 0 radical (unpaired) electrons. The quantitative estimate of drug-likeness (QED) is 0.502. The Balaban J connectivity index is 2.21. The minimum atomic E-state index is 0.176. The number of nitrogen functional groups attached to an aromatic ring is 1. The number of nitrogens with one attached hydrogen (secondary N) is 1. The Morgan fingerprint density at radius 1 is 1.25 bits per heavy atom. The molecule has 0 amide bonds. The van der Waals surface area contributed by atoms with Crippen LogP contribution in [0.2, 0.25) is 5.15 Å². The van der Waals surface area contributed by atoms with Crippen LogP contribution in [0.5, 0.6) is 0 Å². The molecule has 0 spiro atoms. The van der Waals surface area contributed by atoms with Gasteiger partial charge in [-0.05, 0) is 12.8 Å². The number of unbranched alkanes of at least 4 members (excludes halogenated alkanes) is 3. The van der Waals surface area contributed by atoms with Gasteiger partial charge in [0.15, 0.2) is 0 Å². The van der Waals surface area contributed by atoms with Crippen LogP contribution in [-0.4, -0.2) is 28.2 Å². The molecule has 16 heavy (non-hydrogen) atoms. The van der Waals surface area contributed by atoms with Crippen LogP contribution in [0.1, 0.15) is 25.7 Å². The largest absolute Gasteiger partial charge is 0.396 e. The van der Waals surface area contributed by atoms with Gasteiger partial charge >= 0.3 is 0 Å². The summed E-state index contributed by atoms with van der Waals surface area (Å²) in [6, 6.07) is 1.64. The van der Waals surface area contributed by atoms with Gasteiger partial charge in [-0.15, -0.1) is 0 Å². The minimum Gasteiger partial charge on any atom is -0.396 e. The molecule has 0 aromatic carbocycles. The monoisotopic (exact) mass is 244 g/mol. The van der Waals surface area contributed by atoms with E-state index in [1.807, 2.05) is 0 Å². The van der Waals surface area contributed by atoms with E-state index < -0.39 is 0 Å². The Morgan fingerprint density at radius 2 is 2.00 bits per heavy atom. The van der Waals surface area contributed by atoms with Crippen molar-refractivity contribution >= 4 is 23.4 Å². The molecule has 6 heteroatoms. The SMILES string of the molecule is Nc1nc(Cl)cc(NCCCCCCO)n1. The van der Waals surface area contributed by atoms with Crippen molar-refractivity contribution < 1.29 is 5.11 Å². The second-order valence-corrected chi connectivity index (χ2v) is 3.89. The third kappa shape index (κ3) is 5.14. The Hall–Kier alpha value is -1.07. The van der Waals surface area contributed by atoms with Gasteiger partial charge in [0.05, 0.1) is 0 Å². The third-order valence-electron chi connectivity index (χ3n) is 2.10. The normalized spacial score (nSPS) is 10.4. The molecular formula is C10H17ClN4O. The van der Waals surface area contributed by atoms with Gasteiger partial charge in [0.1, 0.15) is 11.0 Å². The Morgan fingerprint density at radius 3 is 2.69 bits per heavy atom. The Kier molecular flexibility index (Phi) is 5.88. The number of nitrogens with zero attached hydrogens (tertiary/aromatic N) is 2. The van der Waals surface area contributed by atoms with Crippen LogP contribution < -0.4 is 11.1 Å². The fourth-order valence-electron chi connectivity index (χ4n) is 1.33. The predicted octanol–water partition coefficient (Wildman–Crippen LogP) is 1.68. The fourth-order valence-corrected chi connectivity index (χ4v) is 1.52. The lowest BCUT2D eigenvalue weighted by atomic mass is 10.2. The van der Waals surface area contributed by atoms with Crippen molar-refractivity contribution in [3.8, 4) is 0 Å². The molecule has 1 aromatic rings. The first-order valence-corrected chi connectivity index (χ1v) is 5.75. The van der Waals surface area contributed by atoms with Crippen molar-refractivity contribution in [2.45, 2.75) is 25.7 Å². The maximum Gasteiger partial charge on any atom is 0.223 e. The maximum absolute atomic E-state index is 8.60. The van der Waals surface area contributed by atoms with E-state index >= 15 is 0 Å². The minimum absolute atomic E-state index is 0.176. The number of rotatable bonds is 7. The third-order valence-corrected chi connectivity index (χ3v) is 2.30. The number of aromatic nitrogens is 2. The Bertz CT molecular complexity index is 301. The van der Waals surface area contributed by atoms with Gasteiger partial charge in [-0.25, -0.2) is 4.98 Å². The highest BCUT2D eigenvalue weighted by Crippen LogP contribution is 2.12. The van der Waals surface area contributed by atoms with E-state index in [0.717, 1.165) is 32.2 Å². The van der Waals surface area contributed by atoms with Crippen LogP contribution >= 0.6 is 11.6 Å². The van der Waals surface area contributed by atoms with Gasteiger partial charge in [0, 0.05) is 19.2 Å². The number of hydrogen-bond acceptors (Lipinski definition) is 5. The summed E-state index contributed by atoms with van der Waals surface area (Å²) in [5.41, 5.74) is 5.45. The van der Waals surface area contributed by atoms with Crippen LogP contribution in [0.4, 0.5) is 11.8 Å². The number of aliphatic hydroxyl groups is 1. The summed E-state index contributed by atoms with van der Waals surface area (Å²) < 4.78 is 0. The topological polar surface area (TPSA) is 84.1 Å². The molecule has 0 saturated carbocycles. The molecule has 4 N–H and O–H groups in total. The van der Waals surface area contributed by atoms with Gasteiger partial charge < -0.3 is 16.2 Å². The zero-order chi connectivity index (χ0) is 11.8. The smallest absolute Gasteiger partial charge is 0.223 e. The molecular weight excluding hydrogens is 228 g/mol. The Labute approximate surface area is 100 Å². The predicted molar refractivity (Wildman–Crippen MR) is 65.5 cm³/mol. The van der Waals surface area contributed by atoms with Crippen LogP contribution in [0.25, 0.3) is 0 Å². The molecule has 0 aliphatic carbocycles. The maximum atomic E-state index is 8.60. The zero-order valence-corrected chi connectivity index (χ0v) is 9.87. The molecule has 1 heterocycles. The molecule has 0 saturated heterocycles. The van der Waals surface area contributed by atoms with Crippen molar-refractivity contribution in [2.24, 2.45) is 0 Å². The molecule has 0 fully saturated rings. The van der Waals surface area contributed by atoms with E-state index in [4.69, 9.17) is 22.4 Å². The molecule has 90 valence electrons. The fraction of sp³-hybridized carbons (Fsp3) is 0.600. The van der Waals surface area contributed by atoms with Crippen LogP contribution in [0, 0.1) is 0 Å². The summed E-state index contributed by atoms with van der Waals surface area (Å²) in [7, 11) is 0. The summed E-state index contributed by atoms with van der Waals surface area (Å²) in [5, 5.41) is 12.1. The van der Waals surface area contributed by atoms with Crippen LogP contribution in [-0.2, 0) is 0 Å². The van der Waals surface area contributed by atoms with E-state index in [9.17, 15) is 0 Å². The molecule has 0 unspecified atom stereocenters. The highest BCUT2D eigenvalue weighted by Gasteiger charge is 1.99. The molecule has 0 aliphatic rings. The van der Waals surface area contributed by atoms with Crippen molar-refractivity contribution in [1.82, 2.24) is 9.97 Å². The molecule has 1 aromatic heterocycles. The van der Waals surface area contributed by atoms with E-state index in [1.54, 1.807) is 6.07 Å². The summed E-state index contributed by atoms with van der Waals surface area (Å²) in [6.07, 6.45) is 4.03. The van der Waals surface area contributed by atoms with Gasteiger partial charge in [-0.2, -0.15) is 4.98 Å². The van der Waals surface area contributed by atoms with Gasteiger partial charge in [-0.1, -0.05) is 24.4 Å². The highest BCUT2D eigenvalue weighted by atomic mass is 35.5. The average Bonchev–Trinajstić information content (AvgIpc) is 2.22. The number of anilines is 2. The zero-order valence-electron chi connectivity index (χ0n) is 9.12. The van der Waals surface area contributed by atoms with E-state index in [2.05, 4.69) is 15.3 Å². The van der Waals surface area contributed by atoms with Crippen molar-refractivity contribution in [3.63, 3.8) is 0 Å². The van der Waals surface area contributed by atoms with Crippen LogP contribution in [0.15, 0.2) is 6.07 Å². The molecule has 0 atom stereocenters. The number of aliphatic hydroxyl groups excluding tert-OH is 1. The summed E-state index contributed by atoms with van der Waals surface area (Å²) in [5.74, 6) is 0.829. The highest BCUT2D eigenvalue weighted by molar-refractivity contribution is 6.29. The second-order valence-electron chi connectivity index (χ2n) is 3.50.